The molecule has 1 atom stereocenters. The smallest absolute Gasteiger partial charge is 0.269 e. The normalized spacial score (nSPS) is 12.0. The van der Waals surface area contributed by atoms with Crippen molar-refractivity contribution in [3.8, 4) is 11.3 Å². The van der Waals surface area contributed by atoms with Gasteiger partial charge in [-0.25, -0.2) is 19.9 Å². The number of imidazole rings is 1. The zero-order valence-corrected chi connectivity index (χ0v) is 16.5. The van der Waals surface area contributed by atoms with Crippen molar-refractivity contribution in [3.63, 3.8) is 0 Å². The molecule has 0 aliphatic heterocycles. The summed E-state index contributed by atoms with van der Waals surface area (Å²) in [5.41, 5.74) is 2.61. The van der Waals surface area contributed by atoms with E-state index in [1.54, 1.807) is 24.4 Å². The van der Waals surface area contributed by atoms with E-state index in [2.05, 4.69) is 30.2 Å². The van der Waals surface area contributed by atoms with Crippen LogP contribution in [0.5, 0.6) is 0 Å². The van der Waals surface area contributed by atoms with E-state index in [-0.39, 0.29) is 11.6 Å². The quantitative estimate of drug-likeness (QED) is 0.206. The number of carbonyl (C=O) groups excluding carboxylic acids is 1. The van der Waals surface area contributed by atoms with Crippen LogP contribution in [0, 0.1) is 10.1 Å². The lowest BCUT2D eigenvalue weighted by atomic mass is 10.1. The van der Waals surface area contributed by atoms with Gasteiger partial charge < -0.3 is 10.3 Å². The number of benzene rings is 1. The number of nitro benzene ring substituents is 1. The van der Waals surface area contributed by atoms with Crippen LogP contribution in [0.15, 0.2) is 47.3 Å². The summed E-state index contributed by atoms with van der Waals surface area (Å²) in [6, 6.07) is 6.09. The molecule has 3 aromatic heterocycles. The number of hydrogen-bond donors (Lipinski definition) is 2. The largest absolute Gasteiger partial charge is 0.341 e. The minimum absolute atomic E-state index is 0.0134. The molecule has 4 aromatic rings. The summed E-state index contributed by atoms with van der Waals surface area (Å²) in [5, 5.41) is 16.0. The molecular weight excluding hydrogens is 414 g/mol. The molecule has 0 unspecified atom stereocenters. The monoisotopic (exact) mass is 427 g/mol. The van der Waals surface area contributed by atoms with E-state index in [0.29, 0.717) is 27.0 Å². The molecule has 4 rings (SSSR count). The number of nitrogens with one attached hydrogen (secondary N) is 2. The van der Waals surface area contributed by atoms with Gasteiger partial charge in [-0.3, -0.25) is 14.9 Å². The first-order valence-corrected chi connectivity index (χ1v) is 10.1. The number of carbonyl (C=O) groups is 1. The Hall–Kier alpha value is -3.38. The number of nitrogens with zero attached hydrogens (tertiary/aromatic N) is 5. The molecule has 2 N–H and O–H groups in total. The van der Waals surface area contributed by atoms with Crippen LogP contribution in [0.25, 0.3) is 22.4 Å². The number of thiazole rings is 1. The molecule has 1 amide bonds. The Labute approximate surface area is 172 Å². The highest BCUT2D eigenvalue weighted by Crippen LogP contribution is 2.29. The van der Waals surface area contributed by atoms with Gasteiger partial charge in [-0.15, -0.1) is 11.3 Å². The molecule has 12 heteroatoms. The van der Waals surface area contributed by atoms with Gasteiger partial charge in [0.1, 0.15) is 16.9 Å². The molecule has 3 heterocycles. The topological polar surface area (TPSA) is 140 Å². The van der Waals surface area contributed by atoms with Crippen molar-refractivity contribution in [1.29, 1.82) is 0 Å². The minimum atomic E-state index is -0.454. The van der Waals surface area contributed by atoms with Crippen molar-refractivity contribution in [2.24, 2.45) is 0 Å². The maximum Gasteiger partial charge on any atom is 0.269 e. The van der Waals surface area contributed by atoms with Crippen LogP contribution >= 0.6 is 23.1 Å². The number of rotatable bonds is 6. The zero-order chi connectivity index (χ0) is 20.4. The van der Waals surface area contributed by atoms with E-state index < -0.39 is 10.2 Å². The molecule has 146 valence electrons. The number of aromatic nitrogens is 5. The number of aromatic amines is 1. The molecule has 0 saturated carbocycles. The Balaban J connectivity index is 1.43. The summed E-state index contributed by atoms with van der Waals surface area (Å²) in [4.78, 5) is 42.6. The standard InChI is InChI=1S/C17H13N7O3S2/c1-9(29-16-13-14(19-7-18-13)20-8-21-16)15(25)23-17-22-12(6-28-17)10-2-4-11(5-3-10)24(26)27/h2-9H,1H3,(H,22,23,25)(H,18,19,20,21)/t9-/m1/s1. The third-order valence-electron chi connectivity index (χ3n) is 3.95. The number of hydrogen-bond acceptors (Lipinski definition) is 9. The second-order valence-corrected chi connectivity index (χ2v) is 8.06. The number of thioether (sulfide) groups is 1. The highest BCUT2D eigenvalue weighted by Gasteiger charge is 2.19. The molecule has 0 aliphatic rings. The number of fused-ring (bicyclic) bond motifs is 1. The first kappa shape index (κ1) is 19.0. The van der Waals surface area contributed by atoms with E-state index in [4.69, 9.17) is 0 Å². The summed E-state index contributed by atoms with van der Waals surface area (Å²) >= 11 is 2.57. The summed E-state index contributed by atoms with van der Waals surface area (Å²) in [6.45, 7) is 1.77. The Morgan fingerprint density at radius 2 is 2.07 bits per heavy atom. The van der Waals surface area contributed by atoms with Crippen molar-refractivity contribution in [2.75, 3.05) is 5.32 Å². The van der Waals surface area contributed by atoms with Crippen LogP contribution in [0.1, 0.15) is 6.92 Å². The van der Waals surface area contributed by atoms with Gasteiger partial charge in [0.25, 0.3) is 5.69 Å². The Kier molecular flexibility index (Phi) is 5.18. The van der Waals surface area contributed by atoms with Gasteiger partial charge in [0.05, 0.1) is 22.2 Å². The molecule has 29 heavy (non-hydrogen) atoms. The lowest BCUT2D eigenvalue weighted by molar-refractivity contribution is -0.384. The van der Waals surface area contributed by atoms with E-state index in [1.165, 1.54) is 47.9 Å². The predicted molar refractivity (Wildman–Crippen MR) is 110 cm³/mol. The van der Waals surface area contributed by atoms with Gasteiger partial charge in [-0.2, -0.15) is 0 Å². The van der Waals surface area contributed by atoms with Gasteiger partial charge in [0.15, 0.2) is 10.8 Å². The van der Waals surface area contributed by atoms with Crippen LogP contribution < -0.4 is 5.32 Å². The average molecular weight is 427 g/mol. The summed E-state index contributed by atoms with van der Waals surface area (Å²) in [6.07, 6.45) is 2.94. The summed E-state index contributed by atoms with van der Waals surface area (Å²) < 4.78 is 0. The van der Waals surface area contributed by atoms with Crippen LogP contribution in [0.2, 0.25) is 0 Å². The van der Waals surface area contributed by atoms with Crippen LogP contribution in [-0.2, 0) is 4.79 Å². The molecule has 0 spiro atoms. The van der Waals surface area contributed by atoms with Crippen molar-refractivity contribution in [2.45, 2.75) is 17.2 Å². The molecule has 0 saturated heterocycles. The zero-order valence-electron chi connectivity index (χ0n) is 14.9. The SMILES string of the molecule is C[C@@H](Sc1ncnc2nc[nH]c12)C(=O)Nc1nc(-c2ccc([N+](=O)[O-])cc2)cs1. The second-order valence-electron chi connectivity index (χ2n) is 5.87. The molecule has 0 radical (unpaired) electrons. The Morgan fingerprint density at radius 1 is 1.28 bits per heavy atom. The molecule has 1 aromatic carbocycles. The lowest BCUT2D eigenvalue weighted by Gasteiger charge is -2.10. The third-order valence-corrected chi connectivity index (χ3v) is 5.81. The van der Waals surface area contributed by atoms with E-state index in [0.717, 1.165) is 5.56 Å². The fourth-order valence-electron chi connectivity index (χ4n) is 2.48. The van der Waals surface area contributed by atoms with E-state index in [1.807, 2.05) is 0 Å². The molecule has 0 fully saturated rings. The maximum atomic E-state index is 12.5. The second kappa shape index (κ2) is 7.93. The maximum absolute atomic E-state index is 12.5. The van der Waals surface area contributed by atoms with Crippen LogP contribution in [-0.4, -0.2) is 41.0 Å². The summed E-state index contributed by atoms with van der Waals surface area (Å²) in [7, 11) is 0. The van der Waals surface area contributed by atoms with E-state index in [9.17, 15) is 14.9 Å². The van der Waals surface area contributed by atoms with Crippen LogP contribution in [0.3, 0.4) is 0 Å². The Bertz CT molecular complexity index is 1190. The minimum Gasteiger partial charge on any atom is -0.341 e. The lowest BCUT2D eigenvalue weighted by Crippen LogP contribution is -2.22. The molecule has 0 bridgehead atoms. The van der Waals surface area contributed by atoms with Crippen molar-refractivity contribution in [3.05, 3.63) is 52.4 Å². The number of amides is 1. The molecular formula is C17H13N7O3S2. The fourth-order valence-corrected chi connectivity index (χ4v) is 4.08. The van der Waals surface area contributed by atoms with Crippen molar-refractivity contribution in [1.82, 2.24) is 24.9 Å². The first-order chi connectivity index (χ1) is 14.0. The number of H-pyrrole nitrogens is 1. The number of nitro groups is 1. The molecule has 10 nitrogen and oxygen atoms in total. The van der Waals surface area contributed by atoms with Gasteiger partial charge in [-0.1, -0.05) is 11.8 Å². The number of non-ortho nitro benzene ring substituents is 1. The first-order valence-electron chi connectivity index (χ1n) is 8.33. The van der Waals surface area contributed by atoms with Crippen LogP contribution in [0.4, 0.5) is 10.8 Å². The third kappa shape index (κ3) is 4.07. The number of anilines is 1. The van der Waals surface area contributed by atoms with Gasteiger partial charge >= 0.3 is 0 Å². The van der Waals surface area contributed by atoms with Gasteiger partial charge in [-0.05, 0) is 19.1 Å². The average Bonchev–Trinajstić information content (AvgIpc) is 3.38. The van der Waals surface area contributed by atoms with Gasteiger partial charge in [0.2, 0.25) is 5.91 Å². The van der Waals surface area contributed by atoms with Crippen molar-refractivity contribution >= 4 is 51.0 Å². The summed E-state index contributed by atoms with van der Waals surface area (Å²) in [5.74, 6) is -0.217. The highest BCUT2D eigenvalue weighted by atomic mass is 32.2. The fraction of sp³-hybridized carbons (Fsp3) is 0.118. The highest BCUT2D eigenvalue weighted by molar-refractivity contribution is 8.00. The van der Waals surface area contributed by atoms with Gasteiger partial charge in [0, 0.05) is 23.1 Å². The predicted octanol–water partition coefficient (Wildman–Crippen LogP) is 3.50. The van der Waals surface area contributed by atoms with E-state index >= 15 is 0 Å². The van der Waals surface area contributed by atoms with Crippen molar-refractivity contribution < 1.29 is 9.72 Å². The Morgan fingerprint density at radius 3 is 2.83 bits per heavy atom. The molecule has 0 aliphatic carbocycles.